The predicted octanol–water partition coefficient (Wildman–Crippen LogP) is 2.57. The molecule has 0 spiro atoms. The van der Waals surface area contributed by atoms with Crippen molar-refractivity contribution < 1.29 is 14.3 Å². The van der Waals surface area contributed by atoms with E-state index in [1.165, 1.54) is 18.9 Å². The van der Waals surface area contributed by atoms with Crippen molar-refractivity contribution in [2.45, 2.75) is 6.04 Å². The molecule has 2 aromatic carbocycles. The van der Waals surface area contributed by atoms with Crippen LogP contribution in [-0.2, 0) is 9.53 Å². The molecule has 2 rings (SSSR count). The predicted molar refractivity (Wildman–Crippen MR) is 97.9 cm³/mol. The number of carbonyl (C=O) groups is 2. The molecule has 0 aliphatic heterocycles. The van der Waals surface area contributed by atoms with Crippen LogP contribution in [0.5, 0.6) is 0 Å². The van der Waals surface area contributed by atoms with E-state index in [4.69, 9.17) is 10.5 Å². The fourth-order valence-corrected chi connectivity index (χ4v) is 2.88. The SMILES string of the molecule is COC(=O)[C@H](CSC)NC(=O)c1ccc(N)cc1-c1ccccc1. The van der Waals surface area contributed by atoms with Crippen molar-refractivity contribution in [3.8, 4) is 11.1 Å². The highest BCUT2D eigenvalue weighted by Gasteiger charge is 2.23. The molecule has 0 aliphatic carbocycles. The minimum atomic E-state index is -0.696. The Morgan fingerprint density at radius 3 is 2.54 bits per heavy atom. The summed E-state index contributed by atoms with van der Waals surface area (Å²) in [5, 5.41) is 2.74. The number of esters is 1. The van der Waals surface area contributed by atoms with Gasteiger partial charge in [0.15, 0.2) is 0 Å². The average molecular weight is 344 g/mol. The first-order chi connectivity index (χ1) is 11.6. The molecule has 0 fully saturated rings. The average Bonchev–Trinajstić information content (AvgIpc) is 2.61. The number of amides is 1. The number of nitrogens with two attached hydrogens (primary N) is 1. The van der Waals surface area contributed by atoms with Gasteiger partial charge in [-0.2, -0.15) is 11.8 Å². The monoisotopic (exact) mass is 344 g/mol. The van der Waals surface area contributed by atoms with Crippen LogP contribution < -0.4 is 11.1 Å². The molecule has 24 heavy (non-hydrogen) atoms. The van der Waals surface area contributed by atoms with Gasteiger partial charge in [-0.15, -0.1) is 0 Å². The summed E-state index contributed by atoms with van der Waals surface area (Å²) in [6.45, 7) is 0. The van der Waals surface area contributed by atoms with Crippen LogP contribution in [-0.4, -0.2) is 37.0 Å². The zero-order valence-electron chi connectivity index (χ0n) is 13.6. The molecule has 1 amide bonds. The number of rotatable bonds is 6. The second-order valence-corrected chi connectivity index (χ2v) is 6.09. The third kappa shape index (κ3) is 4.29. The molecule has 0 heterocycles. The highest BCUT2D eigenvalue weighted by molar-refractivity contribution is 7.98. The quantitative estimate of drug-likeness (QED) is 0.622. The van der Waals surface area contributed by atoms with Gasteiger partial charge in [-0.1, -0.05) is 30.3 Å². The summed E-state index contributed by atoms with van der Waals surface area (Å²) in [4.78, 5) is 24.5. The maximum Gasteiger partial charge on any atom is 0.329 e. The smallest absolute Gasteiger partial charge is 0.329 e. The largest absolute Gasteiger partial charge is 0.467 e. The van der Waals surface area contributed by atoms with Crippen molar-refractivity contribution in [1.29, 1.82) is 0 Å². The molecular weight excluding hydrogens is 324 g/mol. The van der Waals surface area contributed by atoms with E-state index in [0.29, 0.717) is 17.0 Å². The number of anilines is 1. The van der Waals surface area contributed by atoms with Crippen LogP contribution in [0.3, 0.4) is 0 Å². The van der Waals surface area contributed by atoms with Crippen molar-refractivity contribution in [3.05, 3.63) is 54.1 Å². The number of benzene rings is 2. The highest BCUT2D eigenvalue weighted by atomic mass is 32.2. The Bertz CT molecular complexity index is 719. The second-order valence-electron chi connectivity index (χ2n) is 5.18. The normalized spacial score (nSPS) is 11.6. The number of ether oxygens (including phenoxy) is 1. The Morgan fingerprint density at radius 1 is 1.21 bits per heavy atom. The number of nitrogens with one attached hydrogen (secondary N) is 1. The van der Waals surface area contributed by atoms with Gasteiger partial charge in [-0.25, -0.2) is 4.79 Å². The molecule has 126 valence electrons. The summed E-state index contributed by atoms with van der Waals surface area (Å²) in [6, 6.07) is 13.9. The topological polar surface area (TPSA) is 81.4 Å². The van der Waals surface area contributed by atoms with E-state index in [1.54, 1.807) is 18.2 Å². The lowest BCUT2D eigenvalue weighted by atomic mass is 9.98. The number of thioether (sulfide) groups is 1. The Labute approximate surface area is 145 Å². The van der Waals surface area contributed by atoms with Crippen LogP contribution in [0, 0.1) is 0 Å². The standard InChI is InChI=1S/C18H20N2O3S/c1-23-18(22)16(11-24-2)20-17(21)14-9-8-13(19)10-15(14)12-6-4-3-5-7-12/h3-10,16H,11,19H2,1-2H3,(H,20,21)/t16-/m0/s1. The third-order valence-electron chi connectivity index (χ3n) is 3.50. The number of carbonyl (C=O) groups excluding carboxylic acids is 2. The van der Waals surface area contributed by atoms with Crippen LogP contribution >= 0.6 is 11.8 Å². The van der Waals surface area contributed by atoms with Gasteiger partial charge < -0.3 is 15.8 Å². The van der Waals surface area contributed by atoms with Crippen molar-refractivity contribution >= 4 is 29.3 Å². The second kappa shape index (κ2) is 8.40. The lowest BCUT2D eigenvalue weighted by Gasteiger charge is -2.17. The molecule has 0 radical (unpaired) electrons. The van der Waals surface area contributed by atoms with Gasteiger partial charge in [-0.05, 0) is 35.6 Å². The van der Waals surface area contributed by atoms with Crippen molar-refractivity contribution in [1.82, 2.24) is 5.32 Å². The molecule has 5 nitrogen and oxygen atoms in total. The molecule has 0 saturated carbocycles. The lowest BCUT2D eigenvalue weighted by Crippen LogP contribution is -2.43. The minimum Gasteiger partial charge on any atom is -0.467 e. The first kappa shape index (κ1) is 17.9. The maximum atomic E-state index is 12.7. The molecule has 0 unspecified atom stereocenters. The lowest BCUT2D eigenvalue weighted by molar-refractivity contribution is -0.142. The van der Waals surface area contributed by atoms with Crippen molar-refractivity contribution in [2.24, 2.45) is 0 Å². The summed E-state index contributed by atoms with van der Waals surface area (Å²) < 4.78 is 4.75. The fourth-order valence-electron chi connectivity index (χ4n) is 2.33. The van der Waals surface area contributed by atoms with Crippen LogP contribution in [0.4, 0.5) is 5.69 Å². The van der Waals surface area contributed by atoms with Crippen molar-refractivity contribution in [2.75, 3.05) is 24.9 Å². The Balaban J connectivity index is 2.34. The molecule has 0 aromatic heterocycles. The number of nitrogen functional groups attached to an aromatic ring is 1. The molecule has 6 heteroatoms. The van der Waals surface area contributed by atoms with E-state index in [2.05, 4.69) is 5.32 Å². The summed E-state index contributed by atoms with van der Waals surface area (Å²) in [6.07, 6.45) is 1.86. The molecular formula is C18H20N2O3S. The van der Waals surface area contributed by atoms with E-state index in [9.17, 15) is 9.59 Å². The summed E-state index contributed by atoms with van der Waals surface area (Å²) in [7, 11) is 1.31. The zero-order chi connectivity index (χ0) is 17.5. The Morgan fingerprint density at radius 2 is 1.92 bits per heavy atom. The van der Waals surface area contributed by atoms with Gasteiger partial charge in [0, 0.05) is 17.0 Å². The molecule has 1 atom stereocenters. The van der Waals surface area contributed by atoms with Crippen LogP contribution in [0.15, 0.2) is 48.5 Å². The number of hydrogen-bond acceptors (Lipinski definition) is 5. The van der Waals surface area contributed by atoms with Gasteiger partial charge in [0.25, 0.3) is 5.91 Å². The number of methoxy groups -OCH3 is 1. The highest BCUT2D eigenvalue weighted by Crippen LogP contribution is 2.26. The van der Waals surface area contributed by atoms with E-state index in [-0.39, 0.29) is 5.91 Å². The molecule has 3 N–H and O–H groups in total. The van der Waals surface area contributed by atoms with Gasteiger partial charge in [-0.3, -0.25) is 4.79 Å². The first-order valence-electron chi connectivity index (χ1n) is 7.39. The molecule has 0 saturated heterocycles. The first-order valence-corrected chi connectivity index (χ1v) is 8.78. The van der Waals surface area contributed by atoms with Gasteiger partial charge in [0.1, 0.15) is 6.04 Å². The number of hydrogen-bond donors (Lipinski definition) is 2. The zero-order valence-corrected chi connectivity index (χ0v) is 14.4. The van der Waals surface area contributed by atoms with E-state index in [1.807, 2.05) is 36.6 Å². The summed E-state index contributed by atoms with van der Waals surface area (Å²) in [5.41, 5.74) is 8.51. The minimum absolute atomic E-state index is 0.335. The van der Waals surface area contributed by atoms with Crippen LogP contribution in [0.2, 0.25) is 0 Å². The van der Waals surface area contributed by atoms with E-state index in [0.717, 1.165) is 11.1 Å². The third-order valence-corrected chi connectivity index (χ3v) is 4.16. The van der Waals surface area contributed by atoms with Crippen molar-refractivity contribution in [3.63, 3.8) is 0 Å². The van der Waals surface area contributed by atoms with Gasteiger partial charge >= 0.3 is 5.97 Å². The molecule has 2 aromatic rings. The van der Waals surface area contributed by atoms with Gasteiger partial charge in [0.05, 0.1) is 7.11 Å². The fraction of sp³-hybridized carbons (Fsp3) is 0.222. The Hall–Kier alpha value is -2.47. The van der Waals surface area contributed by atoms with Crippen LogP contribution in [0.25, 0.3) is 11.1 Å². The van der Waals surface area contributed by atoms with Crippen LogP contribution in [0.1, 0.15) is 10.4 Å². The Kier molecular flexibility index (Phi) is 6.26. The molecule has 0 bridgehead atoms. The summed E-state index contributed by atoms with van der Waals surface area (Å²) >= 11 is 1.46. The van der Waals surface area contributed by atoms with E-state index >= 15 is 0 Å². The summed E-state index contributed by atoms with van der Waals surface area (Å²) in [5.74, 6) is -0.360. The molecule has 0 aliphatic rings. The van der Waals surface area contributed by atoms with E-state index < -0.39 is 12.0 Å². The van der Waals surface area contributed by atoms with Gasteiger partial charge in [0.2, 0.25) is 0 Å². The maximum absolute atomic E-state index is 12.7.